The van der Waals surface area contributed by atoms with E-state index in [9.17, 15) is 0 Å². The number of anilines is 4. The fourth-order valence-electron chi connectivity index (χ4n) is 3.68. The van der Waals surface area contributed by atoms with Gasteiger partial charge in [0.1, 0.15) is 0 Å². The van der Waals surface area contributed by atoms with Crippen molar-refractivity contribution in [3.05, 3.63) is 108 Å². The van der Waals surface area contributed by atoms with Gasteiger partial charge in [0.25, 0.3) is 0 Å². The fraction of sp³-hybridized carbons (Fsp3) is 0.0769. The van der Waals surface area contributed by atoms with Gasteiger partial charge in [-0.15, -0.1) is 0 Å². The van der Waals surface area contributed by atoms with Crippen molar-refractivity contribution in [1.82, 2.24) is 0 Å². The number of benzene rings is 4. The summed E-state index contributed by atoms with van der Waals surface area (Å²) in [6, 6.07) is 33.7. The highest BCUT2D eigenvalue weighted by atomic mass is 15.1. The molecule has 0 saturated heterocycles. The standard InChI is InChI=1S/C26H24N2/c1-19-17-21(27)13-15-25(19)26-16-14-24(18-20(26)2)28(22-9-5-3-6-10-22)23-11-7-4-8-12-23/h3-18H,27H2,1-2H3. The highest BCUT2D eigenvalue weighted by molar-refractivity contribution is 5.80. The number of nitrogens with zero attached hydrogens (tertiary/aromatic N) is 1. The molecule has 0 aliphatic heterocycles. The van der Waals surface area contributed by atoms with Crippen molar-refractivity contribution >= 4 is 22.7 Å². The maximum Gasteiger partial charge on any atom is 0.0464 e. The Morgan fingerprint density at radius 3 is 1.54 bits per heavy atom. The van der Waals surface area contributed by atoms with Crippen LogP contribution in [0.1, 0.15) is 11.1 Å². The summed E-state index contributed by atoms with van der Waals surface area (Å²) >= 11 is 0. The van der Waals surface area contributed by atoms with Gasteiger partial charge in [-0.2, -0.15) is 0 Å². The first kappa shape index (κ1) is 17.9. The van der Waals surface area contributed by atoms with Crippen molar-refractivity contribution in [2.45, 2.75) is 13.8 Å². The van der Waals surface area contributed by atoms with E-state index in [0.29, 0.717) is 0 Å². The average Bonchev–Trinajstić information content (AvgIpc) is 2.71. The summed E-state index contributed by atoms with van der Waals surface area (Å²) < 4.78 is 0. The number of rotatable bonds is 4. The molecule has 0 heterocycles. The molecule has 0 spiro atoms. The molecule has 0 atom stereocenters. The Balaban J connectivity index is 1.81. The number of para-hydroxylation sites is 2. The molecule has 0 amide bonds. The van der Waals surface area contributed by atoms with Crippen molar-refractivity contribution in [3.8, 4) is 11.1 Å². The van der Waals surface area contributed by atoms with Gasteiger partial charge in [-0.25, -0.2) is 0 Å². The fourth-order valence-corrected chi connectivity index (χ4v) is 3.68. The smallest absolute Gasteiger partial charge is 0.0464 e. The Bertz CT molecular complexity index is 1050. The summed E-state index contributed by atoms with van der Waals surface area (Å²) in [5.41, 5.74) is 15.1. The molecule has 4 rings (SSSR count). The molecule has 0 aromatic heterocycles. The first-order valence-corrected chi connectivity index (χ1v) is 9.51. The van der Waals surface area contributed by atoms with Crippen LogP contribution in [0, 0.1) is 13.8 Å². The Hall–Kier alpha value is -3.52. The molecule has 4 aromatic carbocycles. The normalized spacial score (nSPS) is 10.6. The van der Waals surface area contributed by atoms with E-state index in [4.69, 9.17) is 5.73 Å². The van der Waals surface area contributed by atoms with Crippen LogP contribution >= 0.6 is 0 Å². The van der Waals surface area contributed by atoms with E-state index < -0.39 is 0 Å². The van der Waals surface area contributed by atoms with Crippen molar-refractivity contribution in [1.29, 1.82) is 0 Å². The summed E-state index contributed by atoms with van der Waals surface area (Å²) in [6.45, 7) is 4.28. The van der Waals surface area contributed by atoms with Gasteiger partial charge in [-0.1, -0.05) is 48.5 Å². The van der Waals surface area contributed by atoms with Crippen LogP contribution in [0.25, 0.3) is 11.1 Å². The minimum absolute atomic E-state index is 0.801. The highest BCUT2D eigenvalue weighted by Gasteiger charge is 2.14. The van der Waals surface area contributed by atoms with Crippen molar-refractivity contribution in [2.75, 3.05) is 10.6 Å². The first-order chi connectivity index (χ1) is 13.6. The van der Waals surface area contributed by atoms with Gasteiger partial charge in [-0.3, -0.25) is 0 Å². The molecule has 0 radical (unpaired) electrons. The minimum Gasteiger partial charge on any atom is -0.399 e. The number of aryl methyl sites for hydroxylation is 2. The maximum absolute atomic E-state index is 5.93. The predicted molar refractivity (Wildman–Crippen MR) is 120 cm³/mol. The highest BCUT2D eigenvalue weighted by Crippen LogP contribution is 2.37. The van der Waals surface area contributed by atoms with Gasteiger partial charge in [0.2, 0.25) is 0 Å². The third-order valence-electron chi connectivity index (χ3n) is 5.04. The van der Waals surface area contributed by atoms with Gasteiger partial charge < -0.3 is 10.6 Å². The molecule has 4 aromatic rings. The van der Waals surface area contributed by atoms with Crippen LogP contribution < -0.4 is 10.6 Å². The van der Waals surface area contributed by atoms with Crippen LogP contribution in [0.15, 0.2) is 97.1 Å². The first-order valence-electron chi connectivity index (χ1n) is 9.51. The topological polar surface area (TPSA) is 29.3 Å². The van der Waals surface area contributed by atoms with E-state index >= 15 is 0 Å². The summed E-state index contributed by atoms with van der Waals surface area (Å²) in [5.74, 6) is 0. The second-order valence-corrected chi connectivity index (χ2v) is 7.08. The number of hydrogen-bond donors (Lipinski definition) is 1. The molecule has 28 heavy (non-hydrogen) atoms. The molecular weight excluding hydrogens is 340 g/mol. The third kappa shape index (κ3) is 3.49. The van der Waals surface area contributed by atoms with Crippen LogP contribution in [0.4, 0.5) is 22.7 Å². The minimum atomic E-state index is 0.801. The lowest BCUT2D eigenvalue weighted by molar-refractivity contribution is 1.27. The number of hydrogen-bond acceptors (Lipinski definition) is 2. The Morgan fingerprint density at radius 2 is 1.04 bits per heavy atom. The zero-order valence-corrected chi connectivity index (χ0v) is 16.3. The van der Waals surface area contributed by atoms with Gasteiger partial charge in [0.05, 0.1) is 0 Å². The molecule has 2 N–H and O–H groups in total. The van der Waals surface area contributed by atoms with Gasteiger partial charge in [0.15, 0.2) is 0 Å². The third-order valence-corrected chi connectivity index (χ3v) is 5.04. The molecule has 2 heteroatoms. The summed E-state index contributed by atoms with van der Waals surface area (Å²) in [5, 5.41) is 0. The second kappa shape index (κ2) is 7.61. The maximum atomic E-state index is 5.93. The molecule has 0 bridgehead atoms. The van der Waals surface area contributed by atoms with Crippen LogP contribution in [0.5, 0.6) is 0 Å². The van der Waals surface area contributed by atoms with E-state index in [1.807, 2.05) is 24.3 Å². The van der Waals surface area contributed by atoms with Crippen molar-refractivity contribution < 1.29 is 0 Å². The lowest BCUT2D eigenvalue weighted by atomic mass is 9.95. The SMILES string of the molecule is Cc1cc(N)ccc1-c1ccc(N(c2ccccc2)c2ccccc2)cc1C. The lowest BCUT2D eigenvalue weighted by Gasteiger charge is -2.26. The van der Waals surface area contributed by atoms with E-state index in [-0.39, 0.29) is 0 Å². The molecule has 0 aliphatic rings. The van der Waals surface area contributed by atoms with Crippen LogP contribution in [-0.2, 0) is 0 Å². The molecular formula is C26H24N2. The van der Waals surface area contributed by atoms with Gasteiger partial charge in [0, 0.05) is 22.7 Å². The largest absolute Gasteiger partial charge is 0.399 e. The molecule has 2 nitrogen and oxygen atoms in total. The summed E-state index contributed by atoms with van der Waals surface area (Å²) in [4.78, 5) is 2.28. The Labute approximate surface area is 166 Å². The molecule has 0 aliphatic carbocycles. The van der Waals surface area contributed by atoms with E-state index in [1.165, 1.54) is 22.3 Å². The number of nitrogens with two attached hydrogens (primary N) is 1. The average molecular weight is 364 g/mol. The summed E-state index contributed by atoms with van der Waals surface area (Å²) in [7, 11) is 0. The molecule has 0 saturated carbocycles. The quantitative estimate of drug-likeness (QED) is 0.394. The molecule has 0 fully saturated rings. The van der Waals surface area contributed by atoms with Crippen LogP contribution in [0.3, 0.4) is 0 Å². The van der Waals surface area contributed by atoms with E-state index in [1.54, 1.807) is 0 Å². The van der Waals surface area contributed by atoms with Gasteiger partial charge >= 0.3 is 0 Å². The zero-order chi connectivity index (χ0) is 19.5. The predicted octanol–water partition coefficient (Wildman–Crippen LogP) is 7.02. The van der Waals surface area contributed by atoms with Crippen molar-refractivity contribution in [2.24, 2.45) is 0 Å². The van der Waals surface area contributed by atoms with Crippen LogP contribution in [0.2, 0.25) is 0 Å². The molecule has 138 valence electrons. The zero-order valence-electron chi connectivity index (χ0n) is 16.3. The second-order valence-electron chi connectivity index (χ2n) is 7.08. The van der Waals surface area contributed by atoms with E-state index in [0.717, 1.165) is 22.7 Å². The Morgan fingerprint density at radius 1 is 0.536 bits per heavy atom. The van der Waals surface area contributed by atoms with Crippen molar-refractivity contribution in [3.63, 3.8) is 0 Å². The number of nitrogen functional groups attached to an aromatic ring is 1. The monoisotopic (exact) mass is 364 g/mol. The molecule has 0 unspecified atom stereocenters. The summed E-state index contributed by atoms with van der Waals surface area (Å²) in [6.07, 6.45) is 0. The van der Waals surface area contributed by atoms with E-state index in [2.05, 4.69) is 91.5 Å². The lowest BCUT2D eigenvalue weighted by Crippen LogP contribution is -2.10. The van der Waals surface area contributed by atoms with Gasteiger partial charge in [-0.05, 0) is 84.6 Å². The Kier molecular flexibility index (Phi) is 4.86. The van der Waals surface area contributed by atoms with Crippen LogP contribution in [-0.4, -0.2) is 0 Å².